The molecule has 0 aromatic heterocycles. The van der Waals surface area contributed by atoms with E-state index in [2.05, 4.69) is 46.9 Å². The normalized spacial score (nSPS) is 14.6. The van der Waals surface area contributed by atoms with E-state index in [1.165, 1.54) is 5.57 Å². The van der Waals surface area contributed by atoms with E-state index in [-0.39, 0.29) is 11.6 Å². The maximum atomic E-state index is 8.64. The van der Waals surface area contributed by atoms with Gasteiger partial charge in [0.2, 0.25) is 0 Å². The predicted octanol–water partition coefficient (Wildman–Crippen LogP) is 3.89. The molecule has 0 unspecified atom stereocenters. The van der Waals surface area contributed by atoms with Crippen LogP contribution in [0.25, 0.3) is 0 Å². The van der Waals surface area contributed by atoms with Gasteiger partial charge in [0.1, 0.15) is 0 Å². The fourth-order valence-corrected chi connectivity index (χ4v) is 1.98. The minimum absolute atomic E-state index is 0.212. The number of hydrogen-bond acceptors (Lipinski definition) is 2. The average Bonchev–Trinajstić information content (AvgIpc) is 2.20. The Morgan fingerprint density at radius 3 is 2.35 bits per heavy atom. The van der Waals surface area contributed by atoms with Crippen LogP contribution in [0.4, 0.5) is 0 Å². The van der Waals surface area contributed by atoms with Gasteiger partial charge in [0.05, 0.1) is 6.61 Å². The summed E-state index contributed by atoms with van der Waals surface area (Å²) in [6.45, 7) is 14.3. The summed E-state index contributed by atoms with van der Waals surface area (Å²) < 4.78 is 6.10. The van der Waals surface area contributed by atoms with E-state index in [1.807, 2.05) is 12.2 Å². The standard InChI is InChI=1S/C14H28O2Si/c1-13(10-8-7-9-11-15)12-16-17(5,6)14(2,3)4/h7-8,10,15H,9,11-12H2,1-6H3/b8-7+,13-10+. The molecule has 2 nitrogen and oxygen atoms in total. The molecular formula is C14H28O2Si. The molecule has 0 aromatic rings. The molecule has 0 bridgehead atoms. The third-order valence-corrected chi connectivity index (χ3v) is 7.76. The van der Waals surface area contributed by atoms with Crippen molar-refractivity contribution in [1.29, 1.82) is 0 Å². The predicted molar refractivity (Wildman–Crippen MR) is 77.7 cm³/mol. The van der Waals surface area contributed by atoms with Gasteiger partial charge in [-0.15, -0.1) is 0 Å². The lowest BCUT2D eigenvalue weighted by atomic mass is 10.2. The highest BCUT2D eigenvalue weighted by molar-refractivity contribution is 6.74. The Hall–Kier alpha value is -0.383. The summed E-state index contributed by atoms with van der Waals surface area (Å²) in [7, 11) is -1.63. The van der Waals surface area contributed by atoms with E-state index in [9.17, 15) is 0 Å². The van der Waals surface area contributed by atoms with Crippen molar-refractivity contribution in [3.63, 3.8) is 0 Å². The largest absolute Gasteiger partial charge is 0.413 e. The molecular weight excluding hydrogens is 228 g/mol. The first kappa shape index (κ1) is 16.6. The topological polar surface area (TPSA) is 29.5 Å². The first-order valence-electron chi connectivity index (χ1n) is 6.28. The Kier molecular flexibility index (Phi) is 6.98. The van der Waals surface area contributed by atoms with Crippen molar-refractivity contribution in [3.05, 3.63) is 23.8 Å². The average molecular weight is 256 g/mol. The fraction of sp³-hybridized carbons (Fsp3) is 0.714. The molecule has 0 aliphatic carbocycles. The number of allylic oxidation sites excluding steroid dienone is 2. The summed E-state index contributed by atoms with van der Waals surface area (Å²) in [4.78, 5) is 0. The highest BCUT2D eigenvalue weighted by Gasteiger charge is 2.36. The van der Waals surface area contributed by atoms with Gasteiger partial charge in [0, 0.05) is 6.61 Å². The van der Waals surface area contributed by atoms with Crippen molar-refractivity contribution in [2.45, 2.75) is 52.2 Å². The van der Waals surface area contributed by atoms with Crippen molar-refractivity contribution in [2.75, 3.05) is 13.2 Å². The molecule has 0 rings (SSSR count). The van der Waals surface area contributed by atoms with Crippen molar-refractivity contribution in [1.82, 2.24) is 0 Å². The number of hydrogen-bond donors (Lipinski definition) is 1. The van der Waals surface area contributed by atoms with Crippen LogP contribution in [0.1, 0.15) is 34.1 Å². The number of aliphatic hydroxyl groups excluding tert-OH is 1. The summed E-state index contributed by atoms with van der Waals surface area (Å²) in [5, 5.41) is 8.90. The fourth-order valence-electron chi connectivity index (χ4n) is 0.962. The summed E-state index contributed by atoms with van der Waals surface area (Å²) in [6, 6.07) is 0. The molecule has 100 valence electrons. The summed E-state index contributed by atoms with van der Waals surface area (Å²) in [5.74, 6) is 0. The molecule has 0 aromatic carbocycles. The molecule has 0 heterocycles. The SMILES string of the molecule is C/C(=C\C=C\CCO)CO[Si](C)(C)C(C)(C)C. The number of aliphatic hydroxyl groups is 1. The third-order valence-electron chi connectivity index (χ3n) is 3.28. The highest BCUT2D eigenvalue weighted by atomic mass is 28.4. The van der Waals surface area contributed by atoms with Crippen molar-refractivity contribution < 1.29 is 9.53 Å². The highest BCUT2D eigenvalue weighted by Crippen LogP contribution is 2.36. The van der Waals surface area contributed by atoms with Gasteiger partial charge in [-0.25, -0.2) is 0 Å². The van der Waals surface area contributed by atoms with Gasteiger partial charge >= 0.3 is 0 Å². The Bertz CT molecular complexity index is 272. The summed E-state index contributed by atoms with van der Waals surface area (Å²) >= 11 is 0. The lowest BCUT2D eigenvalue weighted by molar-refractivity contribution is 0.302. The van der Waals surface area contributed by atoms with Crippen LogP contribution < -0.4 is 0 Å². The molecule has 0 aliphatic rings. The zero-order valence-corrected chi connectivity index (χ0v) is 13.2. The molecule has 0 aliphatic heterocycles. The molecule has 0 radical (unpaired) electrons. The smallest absolute Gasteiger partial charge is 0.192 e. The third kappa shape index (κ3) is 6.81. The molecule has 0 spiro atoms. The quantitative estimate of drug-likeness (QED) is 0.577. The number of rotatable bonds is 6. The molecule has 0 saturated heterocycles. The van der Waals surface area contributed by atoms with Crippen LogP contribution >= 0.6 is 0 Å². The first-order chi connectivity index (χ1) is 7.70. The zero-order valence-electron chi connectivity index (χ0n) is 12.2. The van der Waals surface area contributed by atoms with Gasteiger partial charge in [-0.3, -0.25) is 0 Å². The van der Waals surface area contributed by atoms with Crippen LogP contribution in [0.2, 0.25) is 18.1 Å². The van der Waals surface area contributed by atoms with E-state index in [1.54, 1.807) is 0 Å². The maximum Gasteiger partial charge on any atom is 0.192 e. The van der Waals surface area contributed by atoms with Crippen LogP contribution in [-0.2, 0) is 4.43 Å². The van der Waals surface area contributed by atoms with E-state index in [4.69, 9.17) is 9.53 Å². The minimum atomic E-state index is -1.63. The van der Waals surface area contributed by atoms with Crippen molar-refractivity contribution >= 4 is 8.32 Å². The van der Waals surface area contributed by atoms with E-state index >= 15 is 0 Å². The van der Waals surface area contributed by atoms with Gasteiger partial charge in [-0.1, -0.05) is 39.0 Å². The van der Waals surface area contributed by atoms with E-state index in [0.717, 1.165) is 0 Å². The van der Waals surface area contributed by atoms with Gasteiger partial charge in [0.15, 0.2) is 8.32 Å². The van der Waals surface area contributed by atoms with Crippen LogP contribution in [0, 0.1) is 0 Å². The van der Waals surface area contributed by atoms with E-state index in [0.29, 0.717) is 13.0 Å². The van der Waals surface area contributed by atoms with Gasteiger partial charge in [-0.2, -0.15) is 0 Å². The second-order valence-corrected chi connectivity index (χ2v) is 10.8. The first-order valence-corrected chi connectivity index (χ1v) is 9.18. The summed E-state index contributed by atoms with van der Waals surface area (Å²) in [6.07, 6.45) is 6.73. The van der Waals surface area contributed by atoms with Crippen LogP contribution in [0.3, 0.4) is 0 Å². The van der Waals surface area contributed by atoms with Gasteiger partial charge in [0.25, 0.3) is 0 Å². The van der Waals surface area contributed by atoms with Gasteiger partial charge in [-0.05, 0) is 37.0 Å². The molecule has 0 fully saturated rings. The Morgan fingerprint density at radius 1 is 1.29 bits per heavy atom. The second-order valence-electron chi connectivity index (χ2n) is 6.00. The molecule has 1 N–H and O–H groups in total. The molecule has 17 heavy (non-hydrogen) atoms. The minimum Gasteiger partial charge on any atom is -0.413 e. The lowest BCUT2D eigenvalue weighted by Crippen LogP contribution is -2.41. The second kappa shape index (κ2) is 7.14. The summed E-state index contributed by atoms with van der Waals surface area (Å²) in [5.41, 5.74) is 1.23. The zero-order chi connectivity index (χ0) is 13.5. The molecule has 0 amide bonds. The van der Waals surface area contributed by atoms with Crippen LogP contribution in [0.5, 0.6) is 0 Å². The van der Waals surface area contributed by atoms with Crippen molar-refractivity contribution in [3.8, 4) is 0 Å². The van der Waals surface area contributed by atoms with E-state index < -0.39 is 8.32 Å². The Labute approximate surface area is 108 Å². The van der Waals surface area contributed by atoms with Gasteiger partial charge < -0.3 is 9.53 Å². The maximum absolute atomic E-state index is 8.64. The van der Waals surface area contributed by atoms with Crippen LogP contribution in [0.15, 0.2) is 23.8 Å². The van der Waals surface area contributed by atoms with Crippen LogP contribution in [-0.4, -0.2) is 26.6 Å². The Balaban J connectivity index is 4.20. The molecule has 3 heteroatoms. The molecule has 0 atom stereocenters. The lowest BCUT2D eigenvalue weighted by Gasteiger charge is -2.36. The Morgan fingerprint density at radius 2 is 1.88 bits per heavy atom. The monoisotopic (exact) mass is 256 g/mol. The van der Waals surface area contributed by atoms with Crippen molar-refractivity contribution in [2.24, 2.45) is 0 Å². The molecule has 0 saturated carbocycles.